The number of rotatable bonds is 5. The minimum Gasteiger partial charge on any atom is -0.371 e. The summed E-state index contributed by atoms with van der Waals surface area (Å²) in [5, 5.41) is 6.80. The first kappa shape index (κ1) is 18.8. The van der Waals surface area contributed by atoms with Gasteiger partial charge in [-0.15, -0.1) is 0 Å². The molecule has 146 valence electrons. The molecule has 4 rings (SSSR count). The van der Waals surface area contributed by atoms with Crippen molar-refractivity contribution in [2.75, 3.05) is 18.0 Å². The van der Waals surface area contributed by atoms with Gasteiger partial charge in [0.2, 0.25) is 0 Å². The van der Waals surface area contributed by atoms with E-state index in [1.54, 1.807) is 24.3 Å². The van der Waals surface area contributed by atoms with Gasteiger partial charge in [0.05, 0.1) is 5.56 Å². The van der Waals surface area contributed by atoms with Crippen LogP contribution in [0.5, 0.6) is 0 Å². The summed E-state index contributed by atoms with van der Waals surface area (Å²) in [5.74, 6) is -0.0596. The molecule has 1 heterocycles. The molecule has 6 heteroatoms. The van der Waals surface area contributed by atoms with Crippen molar-refractivity contribution in [3.05, 3.63) is 64.7 Å². The Labute approximate surface area is 170 Å². The molecule has 1 saturated carbocycles. The number of piperidine rings is 1. The summed E-state index contributed by atoms with van der Waals surface area (Å²) in [6.45, 7) is 1.61. The summed E-state index contributed by atoms with van der Waals surface area (Å²) in [6.07, 6.45) is 3.84. The van der Waals surface area contributed by atoms with E-state index < -0.39 is 0 Å². The van der Waals surface area contributed by atoms with Crippen molar-refractivity contribution < 1.29 is 9.59 Å². The van der Waals surface area contributed by atoms with Gasteiger partial charge in [0, 0.05) is 41.4 Å². The van der Waals surface area contributed by atoms with Crippen molar-refractivity contribution in [2.24, 2.45) is 0 Å². The fourth-order valence-electron chi connectivity index (χ4n) is 3.57. The van der Waals surface area contributed by atoms with Crippen molar-refractivity contribution in [1.29, 1.82) is 0 Å². The predicted octanol–water partition coefficient (Wildman–Crippen LogP) is 3.63. The predicted molar refractivity (Wildman–Crippen MR) is 111 cm³/mol. The topological polar surface area (TPSA) is 61.4 Å². The van der Waals surface area contributed by atoms with Gasteiger partial charge in [-0.2, -0.15) is 0 Å². The standard InChI is InChI=1S/C22H24ClN3O2/c23-16-7-5-15(6-8-16)21(27)24-18-11-13-26(14-12-18)20-4-2-1-3-19(20)22(28)25-17-9-10-17/h1-8,17-18H,9-14H2,(H,24,27)(H,25,28). The van der Waals surface area contributed by atoms with Gasteiger partial charge >= 0.3 is 0 Å². The van der Waals surface area contributed by atoms with E-state index in [-0.39, 0.29) is 17.9 Å². The third-order valence-corrected chi connectivity index (χ3v) is 5.59. The van der Waals surface area contributed by atoms with Crippen LogP contribution >= 0.6 is 11.6 Å². The molecule has 0 bridgehead atoms. The average Bonchev–Trinajstić information content (AvgIpc) is 3.53. The van der Waals surface area contributed by atoms with Crippen molar-refractivity contribution >= 4 is 29.1 Å². The van der Waals surface area contributed by atoms with E-state index in [0.717, 1.165) is 50.0 Å². The SMILES string of the molecule is O=C(NC1CCN(c2ccccc2C(=O)NC2CC2)CC1)c1ccc(Cl)cc1. The number of amides is 2. The lowest BCUT2D eigenvalue weighted by atomic mass is 10.0. The van der Waals surface area contributed by atoms with E-state index >= 15 is 0 Å². The molecule has 1 aliphatic carbocycles. The third-order valence-electron chi connectivity index (χ3n) is 5.34. The molecule has 5 nitrogen and oxygen atoms in total. The molecule has 2 amide bonds. The smallest absolute Gasteiger partial charge is 0.253 e. The first-order chi connectivity index (χ1) is 13.6. The molecule has 0 radical (unpaired) electrons. The minimum atomic E-state index is -0.0701. The largest absolute Gasteiger partial charge is 0.371 e. The second kappa shape index (κ2) is 8.23. The van der Waals surface area contributed by atoms with Gasteiger partial charge in [0.1, 0.15) is 0 Å². The molecule has 28 heavy (non-hydrogen) atoms. The van der Waals surface area contributed by atoms with E-state index in [2.05, 4.69) is 15.5 Å². The lowest BCUT2D eigenvalue weighted by Crippen LogP contribution is -2.45. The quantitative estimate of drug-likeness (QED) is 0.809. The molecule has 0 spiro atoms. The van der Waals surface area contributed by atoms with Crippen LogP contribution in [-0.2, 0) is 0 Å². The first-order valence-corrected chi connectivity index (χ1v) is 10.2. The number of benzene rings is 2. The first-order valence-electron chi connectivity index (χ1n) is 9.81. The Morgan fingerprint density at radius 3 is 2.11 bits per heavy atom. The summed E-state index contributed by atoms with van der Waals surface area (Å²) in [6, 6.07) is 15.2. The van der Waals surface area contributed by atoms with Gasteiger partial charge < -0.3 is 15.5 Å². The number of nitrogens with one attached hydrogen (secondary N) is 2. The molecule has 2 fully saturated rings. The van der Waals surface area contributed by atoms with Crippen LogP contribution in [-0.4, -0.2) is 37.0 Å². The zero-order valence-electron chi connectivity index (χ0n) is 15.7. The highest BCUT2D eigenvalue weighted by Crippen LogP contribution is 2.26. The van der Waals surface area contributed by atoms with Crippen LogP contribution < -0.4 is 15.5 Å². The van der Waals surface area contributed by atoms with Gasteiger partial charge in [-0.05, 0) is 62.1 Å². The van der Waals surface area contributed by atoms with Crippen LogP contribution in [0.15, 0.2) is 48.5 Å². The molecule has 0 atom stereocenters. The van der Waals surface area contributed by atoms with Crippen LogP contribution in [0.2, 0.25) is 5.02 Å². The summed E-state index contributed by atoms with van der Waals surface area (Å²) < 4.78 is 0. The summed E-state index contributed by atoms with van der Waals surface area (Å²) in [4.78, 5) is 27.2. The Kier molecular flexibility index (Phi) is 5.53. The molecule has 0 aromatic heterocycles. The number of anilines is 1. The van der Waals surface area contributed by atoms with E-state index in [1.807, 2.05) is 24.3 Å². The number of carbonyl (C=O) groups excluding carboxylic acids is 2. The van der Waals surface area contributed by atoms with Gasteiger partial charge in [-0.3, -0.25) is 9.59 Å². The van der Waals surface area contributed by atoms with Gasteiger partial charge in [-0.25, -0.2) is 0 Å². The van der Waals surface area contributed by atoms with Gasteiger partial charge in [0.25, 0.3) is 11.8 Å². The van der Waals surface area contributed by atoms with Crippen LogP contribution in [0, 0.1) is 0 Å². The zero-order chi connectivity index (χ0) is 19.5. The fourth-order valence-corrected chi connectivity index (χ4v) is 3.69. The Balaban J connectivity index is 1.36. The maximum atomic E-state index is 12.5. The van der Waals surface area contributed by atoms with E-state index in [4.69, 9.17) is 11.6 Å². The van der Waals surface area contributed by atoms with E-state index in [1.165, 1.54) is 0 Å². The highest BCUT2D eigenvalue weighted by Gasteiger charge is 2.27. The Hall–Kier alpha value is -2.53. The highest BCUT2D eigenvalue weighted by molar-refractivity contribution is 6.30. The molecule has 2 aromatic rings. The normalized spacial score (nSPS) is 17.2. The molecular formula is C22H24ClN3O2. The number of carbonyl (C=O) groups is 2. The molecule has 1 saturated heterocycles. The molecule has 2 aliphatic rings. The van der Waals surface area contributed by atoms with Crippen LogP contribution in [0.4, 0.5) is 5.69 Å². The van der Waals surface area contributed by atoms with Crippen LogP contribution in [0.1, 0.15) is 46.4 Å². The van der Waals surface area contributed by atoms with Crippen molar-refractivity contribution in [3.8, 4) is 0 Å². The number of hydrogen-bond donors (Lipinski definition) is 2. The molecule has 2 N–H and O–H groups in total. The number of halogens is 1. The number of para-hydroxylation sites is 1. The molecular weight excluding hydrogens is 374 g/mol. The lowest BCUT2D eigenvalue weighted by Gasteiger charge is -2.35. The minimum absolute atomic E-state index is 0.0104. The summed E-state index contributed by atoms with van der Waals surface area (Å²) in [7, 11) is 0. The molecule has 0 unspecified atom stereocenters. The van der Waals surface area contributed by atoms with Crippen LogP contribution in [0.3, 0.4) is 0 Å². The maximum absolute atomic E-state index is 12.5. The van der Waals surface area contributed by atoms with E-state index in [0.29, 0.717) is 16.6 Å². The lowest BCUT2D eigenvalue weighted by molar-refractivity contribution is 0.0929. The van der Waals surface area contributed by atoms with Crippen molar-refractivity contribution in [2.45, 2.75) is 37.8 Å². The van der Waals surface area contributed by atoms with Crippen LogP contribution in [0.25, 0.3) is 0 Å². The monoisotopic (exact) mass is 397 g/mol. The Morgan fingerprint density at radius 1 is 0.821 bits per heavy atom. The van der Waals surface area contributed by atoms with Gasteiger partial charge in [-0.1, -0.05) is 23.7 Å². The second-order valence-corrected chi connectivity index (χ2v) is 7.94. The van der Waals surface area contributed by atoms with Gasteiger partial charge in [0.15, 0.2) is 0 Å². The molecule has 1 aliphatic heterocycles. The van der Waals surface area contributed by atoms with E-state index in [9.17, 15) is 9.59 Å². The fraction of sp³-hybridized carbons (Fsp3) is 0.364. The maximum Gasteiger partial charge on any atom is 0.253 e. The summed E-state index contributed by atoms with van der Waals surface area (Å²) >= 11 is 5.88. The highest BCUT2D eigenvalue weighted by atomic mass is 35.5. The molecule has 2 aromatic carbocycles. The third kappa shape index (κ3) is 4.47. The van der Waals surface area contributed by atoms with Crippen molar-refractivity contribution in [1.82, 2.24) is 10.6 Å². The Morgan fingerprint density at radius 2 is 1.43 bits per heavy atom. The number of hydrogen-bond acceptors (Lipinski definition) is 3. The number of nitrogens with zero attached hydrogens (tertiary/aromatic N) is 1. The second-order valence-electron chi connectivity index (χ2n) is 7.51. The summed E-state index contributed by atoms with van der Waals surface area (Å²) in [5.41, 5.74) is 2.33. The zero-order valence-corrected chi connectivity index (χ0v) is 16.4. The Bertz CT molecular complexity index is 856. The average molecular weight is 398 g/mol. The van der Waals surface area contributed by atoms with Crippen molar-refractivity contribution in [3.63, 3.8) is 0 Å².